The summed E-state index contributed by atoms with van der Waals surface area (Å²) in [7, 11) is 0. The van der Waals surface area contributed by atoms with Gasteiger partial charge in [0.1, 0.15) is 11.8 Å². The Labute approximate surface area is 111 Å². The van der Waals surface area contributed by atoms with Gasteiger partial charge in [0, 0.05) is 22.8 Å². The molecular weight excluding hydrogens is 236 g/mol. The molecular formula is C16H12N2O. The second-order valence-corrected chi connectivity index (χ2v) is 4.44. The number of aromatic hydroxyl groups is 1. The van der Waals surface area contributed by atoms with Crippen LogP contribution in [0, 0.1) is 18.3 Å². The van der Waals surface area contributed by atoms with Crippen LogP contribution in [0.3, 0.4) is 0 Å². The first-order valence-corrected chi connectivity index (χ1v) is 6.02. The molecule has 0 unspecified atom stereocenters. The maximum Gasteiger partial charge on any atom is 0.117 e. The molecule has 0 fully saturated rings. The van der Waals surface area contributed by atoms with Crippen LogP contribution in [0.25, 0.3) is 16.6 Å². The highest BCUT2D eigenvalue weighted by Gasteiger charge is 2.15. The molecule has 3 rings (SSSR count). The first-order chi connectivity index (χ1) is 9.22. The van der Waals surface area contributed by atoms with Crippen LogP contribution >= 0.6 is 0 Å². The van der Waals surface area contributed by atoms with Crippen LogP contribution in [0.5, 0.6) is 5.75 Å². The molecule has 0 saturated carbocycles. The van der Waals surface area contributed by atoms with Crippen molar-refractivity contribution in [3.8, 4) is 17.5 Å². The van der Waals surface area contributed by atoms with Gasteiger partial charge < -0.3 is 9.67 Å². The van der Waals surface area contributed by atoms with E-state index in [1.807, 2.05) is 41.8 Å². The lowest BCUT2D eigenvalue weighted by Gasteiger charge is -2.08. The van der Waals surface area contributed by atoms with Gasteiger partial charge in [-0.05, 0) is 31.2 Å². The molecule has 2 aromatic carbocycles. The Morgan fingerprint density at radius 2 is 1.84 bits per heavy atom. The fraction of sp³-hybridized carbons (Fsp3) is 0.0625. The maximum absolute atomic E-state index is 9.68. The molecule has 92 valence electrons. The summed E-state index contributed by atoms with van der Waals surface area (Å²) < 4.78 is 1.99. The van der Waals surface area contributed by atoms with Gasteiger partial charge in [-0.15, -0.1) is 0 Å². The average Bonchev–Trinajstić information content (AvgIpc) is 2.70. The van der Waals surface area contributed by atoms with Crippen molar-refractivity contribution in [1.82, 2.24) is 4.57 Å². The van der Waals surface area contributed by atoms with Gasteiger partial charge in [0.2, 0.25) is 0 Å². The van der Waals surface area contributed by atoms with E-state index < -0.39 is 0 Å². The van der Waals surface area contributed by atoms with Crippen LogP contribution in [0.4, 0.5) is 0 Å². The number of nitrogens with zero attached hydrogens (tertiary/aromatic N) is 2. The molecule has 0 aliphatic rings. The Kier molecular flexibility index (Phi) is 2.50. The lowest BCUT2D eigenvalue weighted by atomic mass is 10.1. The van der Waals surface area contributed by atoms with E-state index in [2.05, 4.69) is 6.07 Å². The first-order valence-electron chi connectivity index (χ1n) is 6.02. The number of para-hydroxylation sites is 1. The minimum absolute atomic E-state index is 0.201. The van der Waals surface area contributed by atoms with Gasteiger partial charge in [-0.25, -0.2) is 0 Å². The summed E-state index contributed by atoms with van der Waals surface area (Å²) in [6.45, 7) is 1.92. The fourth-order valence-corrected chi connectivity index (χ4v) is 2.45. The van der Waals surface area contributed by atoms with E-state index in [0.29, 0.717) is 5.56 Å². The molecule has 0 aliphatic carbocycles. The zero-order valence-electron chi connectivity index (χ0n) is 10.5. The third-order valence-electron chi connectivity index (χ3n) is 3.31. The van der Waals surface area contributed by atoms with E-state index in [4.69, 9.17) is 0 Å². The normalized spacial score (nSPS) is 10.5. The Morgan fingerprint density at radius 3 is 2.53 bits per heavy atom. The van der Waals surface area contributed by atoms with Crippen molar-refractivity contribution in [2.24, 2.45) is 0 Å². The van der Waals surface area contributed by atoms with Crippen LogP contribution in [-0.4, -0.2) is 9.67 Å². The third-order valence-corrected chi connectivity index (χ3v) is 3.31. The van der Waals surface area contributed by atoms with E-state index in [1.54, 1.807) is 18.2 Å². The predicted octanol–water partition coefficient (Wildman–Crippen LogP) is 3.52. The van der Waals surface area contributed by atoms with E-state index in [-0.39, 0.29) is 5.75 Å². The molecule has 1 aromatic heterocycles. The summed E-state index contributed by atoms with van der Waals surface area (Å²) in [5.74, 6) is 0.201. The fourth-order valence-electron chi connectivity index (χ4n) is 2.45. The molecule has 0 amide bonds. The third kappa shape index (κ3) is 1.66. The number of phenolic OH excluding ortho intramolecular Hbond substituents is 1. The predicted molar refractivity (Wildman–Crippen MR) is 74.4 cm³/mol. The summed E-state index contributed by atoms with van der Waals surface area (Å²) >= 11 is 0. The number of nitriles is 1. The van der Waals surface area contributed by atoms with Crippen molar-refractivity contribution in [1.29, 1.82) is 5.26 Å². The molecule has 0 saturated heterocycles. The van der Waals surface area contributed by atoms with E-state index in [0.717, 1.165) is 22.3 Å². The summed E-state index contributed by atoms with van der Waals surface area (Å²) in [6.07, 6.45) is 0. The molecule has 0 radical (unpaired) electrons. The van der Waals surface area contributed by atoms with Crippen molar-refractivity contribution in [3.05, 3.63) is 59.8 Å². The van der Waals surface area contributed by atoms with Gasteiger partial charge in [0.15, 0.2) is 0 Å². The minimum atomic E-state index is 0.201. The molecule has 0 bridgehead atoms. The molecule has 1 N–H and O–H groups in total. The molecule has 0 aliphatic heterocycles. The summed E-state index contributed by atoms with van der Waals surface area (Å²) in [4.78, 5) is 0. The lowest BCUT2D eigenvalue weighted by molar-refractivity contribution is 0.476. The second-order valence-electron chi connectivity index (χ2n) is 4.44. The standard InChI is InChI=1S/C16H12N2O/c1-11-15(10-17)14-8-7-13(19)9-16(14)18(11)12-5-3-2-4-6-12/h2-9,19H,1H3. The van der Waals surface area contributed by atoms with E-state index in [1.165, 1.54) is 0 Å². The molecule has 19 heavy (non-hydrogen) atoms. The van der Waals surface area contributed by atoms with E-state index in [9.17, 15) is 10.4 Å². The zero-order chi connectivity index (χ0) is 13.4. The zero-order valence-corrected chi connectivity index (χ0v) is 10.5. The number of aromatic nitrogens is 1. The number of hydrogen-bond acceptors (Lipinski definition) is 2. The monoisotopic (exact) mass is 248 g/mol. The highest BCUT2D eigenvalue weighted by atomic mass is 16.3. The Hall–Kier alpha value is -2.73. The highest BCUT2D eigenvalue weighted by Crippen LogP contribution is 2.30. The topological polar surface area (TPSA) is 48.9 Å². The number of benzene rings is 2. The van der Waals surface area contributed by atoms with Crippen LogP contribution < -0.4 is 0 Å². The van der Waals surface area contributed by atoms with Gasteiger partial charge in [-0.3, -0.25) is 0 Å². The van der Waals surface area contributed by atoms with Crippen LogP contribution in [0.15, 0.2) is 48.5 Å². The molecule has 0 atom stereocenters. The first kappa shape index (κ1) is 11.4. The van der Waals surface area contributed by atoms with Crippen molar-refractivity contribution in [2.75, 3.05) is 0 Å². The minimum Gasteiger partial charge on any atom is -0.508 e. The van der Waals surface area contributed by atoms with Gasteiger partial charge in [0.25, 0.3) is 0 Å². The van der Waals surface area contributed by atoms with Gasteiger partial charge in [-0.1, -0.05) is 18.2 Å². The maximum atomic E-state index is 9.68. The van der Waals surface area contributed by atoms with Crippen molar-refractivity contribution in [3.63, 3.8) is 0 Å². The number of rotatable bonds is 1. The van der Waals surface area contributed by atoms with Gasteiger partial charge in [-0.2, -0.15) is 5.26 Å². The van der Waals surface area contributed by atoms with Crippen LogP contribution in [0.1, 0.15) is 11.3 Å². The molecule has 1 heterocycles. The lowest BCUT2D eigenvalue weighted by Crippen LogP contribution is -1.96. The quantitative estimate of drug-likeness (QED) is 0.716. The number of phenols is 1. The van der Waals surface area contributed by atoms with Crippen LogP contribution in [-0.2, 0) is 0 Å². The van der Waals surface area contributed by atoms with Crippen molar-refractivity contribution in [2.45, 2.75) is 6.92 Å². The average molecular weight is 248 g/mol. The van der Waals surface area contributed by atoms with Crippen molar-refractivity contribution >= 4 is 10.9 Å². The Balaban J connectivity index is 2.45. The smallest absolute Gasteiger partial charge is 0.117 e. The summed E-state index contributed by atoms with van der Waals surface area (Å²) in [5, 5.41) is 19.9. The molecule has 3 heteroatoms. The summed E-state index contributed by atoms with van der Waals surface area (Å²) in [5.41, 5.74) is 3.37. The van der Waals surface area contributed by atoms with Gasteiger partial charge in [0.05, 0.1) is 11.1 Å². The molecule has 0 spiro atoms. The second kappa shape index (κ2) is 4.18. The van der Waals surface area contributed by atoms with Crippen molar-refractivity contribution < 1.29 is 5.11 Å². The SMILES string of the molecule is Cc1c(C#N)c2ccc(O)cc2n1-c1ccccc1. The Morgan fingerprint density at radius 1 is 1.11 bits per heavy atom. The number of hydrogen-bond donors (Lipinski definition) is 1. The Bertz CT molecular complexity index is 795. The summed E-state index contributed by atoms with van der Waals surface area (Å²) in [6, 6.07) is 17.2. The largest absolute Gasteiger partial charge is 0.508 e. The highest BCUT2D eigenvalue weighted by molar-refractivity contribution is 5.90. The van der Waals surface area contributed by atoms with Gasteiger partial charge >= 0.3 is 0 Å². The molecule has 3 nitrogen and oxygen atoms in total. The number of fused-ring (bicyclic) bond motifs is 1. The molecule has 3 aromatic rings. The van der Waals surface area contributed by atoms with Crippen LogP contribution in [0.2, 0.25) is 0 Å². The van der Waals surface area contributed by atoms with E-state index >= 15 is 0 Å².